The number of likely N-dealkylation sites (tertiary alicyclic amines) is 1. The zero-order valence-electron chi connectivity index (χ0n) is 16.7. The molecule has 0 radical (unpaired) electrons. The van der Waals surface area contributed by atoms with Gasteiger partial charge in [0.2, 0.25) is 5.91 Å². The molecule has 2 aromatic rings. The van der Waals surface area contributed by atoms with Crippen LogP contribution in [-0.4, -0.2) is 34.8 Å². The van der Waals surface area contributed by atoms with Crippen molar-refractivity contribution in [2.75, 3.05) is 18.4 Å². The number of amides is 2. The molecule has 3 rings (SSSR count). The van der Waals surface area contributed by atoms with E-state index in [0.717, 1.165) is 42.7 Å². The van der Waals surface area contributed by atoms with Crippen LogP contribution in [0, 0.1) is 11.8 Å². The van der Waals surface area contributed by atoms with Crippen LogP contribution in [0.4, 0.5) is 5.13 Å². The number of carbonyl (C=O) groups is 2. The van der Waals surface area contributed by atoms with Gasteiger partial charge in [0.15, 0.2) is 5.13 Å². The smallest absolute Gasteiger partial charge is 0.257 e. The van der Waals surface area contributed by atoms with Crippen LogP contribution in [0.25, 0.3) is 0 Å². The SMILES string of the molecule is CC(=O)NCc1ccc(C(=O)Nc2nc(CN3C[C@H](C)C[C@@H](C)C3)cs2)cc1. The van der Waals surface area contributed by atoms with Gasteiger partial charge in [-0.2, -0.15) is 0 Å². The van der Waals surface area contributed by atoms with Crippen LogP contribution in [0.3, 0.4) is 0 Å². The Kier molecular flexibility index (Phi) is 6.80. The first-order chi connectivity index (χ1) is 13.4. The third kappa shape index (κ3) is 5.87. The van der Waals surface area contributed by atoms with Crippen LogP contribution >= 0.6 is 11.3 Å². The fraction of sp³-hybridized carbons (Fsp3) is 0.476. The first-order valence-electron chi connectivity index (χ1n) is 9.70. The monoisotopic (exact) mass is 400 g/mol. The van der Waals surface area contributed by atoms with Gasteiger partial charge in [0.25, 0.3) is 5.91 Å². The second kappa shape index (κ2) is 9.30. The van der Waals surface area contributed by atoms with Gasteiger partial charge < -0.3 is 5.32 Å². The van der Waals surface area contributed by atoms with Crippen LogP contribution in [-0.2, 0) is 17.9 Å². The summed E-state index contributed by atoms with van der Waals surface area (Å²) in [5.41, 5.74) is 2.53. The number of nitrogens with zero attached hydrogens (tertiary/aromatic N) is 2. The number of nitrogens with one attached hydrogen (secondary N) is 2. The van der Waals surface area contributed by atoms with Gasteiger partial charge in [-0.1, -0.05) is 26.0 Å². The average Bonchev–Trinajstić information content (AvgIpc) is 3.06. The zero-order valence-corrected chi connectivity index (χ0v) is 17.5. The lowest BCUT2D eigenvalue weighted by atomic mass is 9.92. The minimum Gasteiger partial charge on any atom is -0.352 e. The molecule has 2 amide bonds. The molecule has 1 aromatic carbocycles. The van der Waals surface area contributed by atoms with Crippen molar-refractivity contribution in [2.24, 2.45) is 11.8 Å². The van der Waals surface area contributed by atoms with E-state index in [2.05, 4.69) is 34.4 Å². The highest BCUT2D eigenvalue weighted by molar-refractivity contribution is 7.13. The number of anilines is 1. The maximum Gasteiger partial charge on any atom is 0.257 e. The number of benzene rings is 1. The Morgan fingerprint density at radius 2 is 1.86 bits per heavy atom. The Bertz CT molecular complexity index is 808. The minimum absolute atomic E-state index is 0.0742. The fourth-order valence-electron chi connectivity index (χ4n) is 3.76. The number of hydrogen-bond donors (Lipinski definition) is 2. The molecule has 1 aliphatic rings. The first kappa shape index (κ1) is 20.5. The molecule has 28 heavy (non-hydrogen) atoms. The predicted octanol–water partition coefficient (Wildman–Crippen LogP) is 3.51. The summed E-state index contributed by atoms with van der Waals surface area (Å²) in [4.78, 5) is 30.5. The summed E-state index contributed by atoms with van der Waals surface area (Å²) >= 11 is 1.46. The maximum absolute atomic E-state index is 12.5. The molecule has 150 valence electrons. The van der Waals surface area contributed by atoms with Crippen LogP contribution in [0.5, 0.6) is 0 Å². The van der Waals surface area contributed by atoms with Gasteiger partial charge in [-0.25, -0.2) is 4.98 Å². The summed E-state index contributed by atoms with van der Waals surface area (Å²) in [7, 11) is 0. The van der Waals surface area contributed by atoms with Gasteiger partial charge in [0.1, 0.15) is 0 Å². The van der Waals surface area contributed by atoms with Crippen molar-refractivity contribution in [1.82, 2.24) is 15.2 Å². The van der Waals surface area contributed by atoms with Crippen molar-refractivity contribution in [3.05, 3.63) is 46.5 Å². The first-order valence-corrected chi connectivity index (χ1v) is 10.6. The van der Waals surface area contributed by atoms with E-state index in [-0.39, 0.29) is 11.8 Å². The molecule has 1 fully saturated rings. The standard InChI is InChI=1S/C21H28N4O2S/c1-14-8-15(2)11-25(10-14)12-19-13-28-21(23-19)24-20(27)18-6-4-17(5-7-18)9-22-16(3)26/h4-7,13-15H,8-12H2,1-3H3,(H,22,26)(H,23,24,27)/t14-,15-/m1/s1. The van der Waals surface area contributed by atoms with Crippen LogP contribution in [0.15, 0.2) is 29.6 Å². The summed E-state index contributed by atoms with van der Waals surface area (Å²) < 4.78 is 0. The van der Waals surface area contributed by atoms with Crippen molar-refractivity contribution in [1.29, 1.82) is 0 Å². The van der Waals surface area contributed by atoms with Crippen molar-refractivity contribution < 1.29 is 9.59 Å². The topological polar surface area (TPSA) is 74.3 Å². The molecule has 0 bridgehead atoms. The second-order valence-electron chi connectivity index (χ2n) is 7.84. The molecule has 6 nitrogen and oxygen atoms in total. The lowest BCUT2D eigenvalue weighted by Gasteiger charge is -2.34. The summed E-state index contributed by atoms with van der Waals surface area (Å²) in [6.45, 7) is 9.59. The highest BCUT2D eigenvalue weighted by atomic mass is 32.1. The Balaban J connectivity index is 1.54. The van der Waals surface area contributed by atoms with Crippen LogP contribution < -0.4 is 10.6 Å². The molecule has 0 aliphatic carbocycles. The number of carbonyl (C=O) groups excluding carboxylic acids is 2. The van der Waals surface area contributed by atoms with Crippen molar-refractivity contribution in [3.8, 4) is 0 Å². The molecule has 1 saturated heterocycles. The summed E-state index contributed by atoms with van der Waals surface area (Å²) in [6, 6.07) is 7.21. The zero-order chi connectivity index (χ0) is 20.1. The van der Waals surface area contributed by atoms with Gasteiger partial charge in [-0.3, -0.25) is 19.8 Å². The van der Waals surface area contributed by atoms with Gasteiger partial charge in [-0.05, 0) is 36.0 Å². The van der Waals surface area contributed by atoms with Crippen molar-refractivity contribution >= 4 is 28.3 Å². The van der Waals surface area contributed by atoms with Gasteiger partial charge in [0.05, 0.1) is 5.69 Å². The molecular weight excluding hydrogens is 372 g/mol. The fourth-order valence-corrected chi connectivity index (χ4v) is 4.45. The second-order valence-corrected chi connectivity index (χ2v) is 8.70. The Morgan fingerprint density at radius 1 is 1.18 bits per heavy atom. The van der Waals surface area contributed by atoms with E-state index in [1.807, 2.05) is 17.5 Å². The van der Waals surface area contributed by atoms with Crippen molar-refractivity contribution in [3.63, 3.8) is 0 Å². The molecule has 7 heteroatoms. The largest absolute Gasteiger partial charge is 0.352 e. The lowest BCUT2D eigenvalue weighted by Crippen LogP contribution is -2.38. The van der Waals surface area contributed by atoms with E-state index in [9.17, 15) is 9.59 Å². The highest BCUT2D eigenvalue weighted by Crippen LogP contribution is 2.24. The van der Waals surface area contributed by atoms with E-state index in [4.69, 9.17) is 0 Å². The average molecular weight is 401 g/mol. The van der Waals surface area contributed by atoms with E-state index in [0.29, 0.717) is 17.2 Å². The van der Waals surface area contributed by atoms with E-state index >= 15 is 0 Å². The molecule has 1 aliphatic heterocycles. The number of aromatic nitrogens is 1. The Morgan fingerprint density at radius 3 is 2.50 bits per heavy atom. The van der Waals surface area contributed by atoms with E-state index in [1.54, 1.807) is 12.1 Å². The molecule has 0 saturated carbocycles. The number of hydrogen-bond acceptors (Lipinski definition) is 5. The minimum atomic E-state index is -0.174. The Hall–Kier alpha value is -2.25. The number of thiazole rings is 1. The number of rotatable bonds is 6. The lowest BCUT2D eigenvalue weighted by molar-refractivity contribution is -0.119. The maximum atomic E-state index is 12.5. The molecular formula is C21H28N4O2S. The molecule has 0 spiro atoms. The molecule has 2 atom stereocenters. The quantitative estimate of drug-likeness (QED) is 0.778. The molecule has 2 N–H and O–H groups in total. The summed E-state index contributed by atoms with van der Waals surface area (Å²) in [5, 5.41) is 8.27. The molecule has 2 heterocycles. The number of piperidine rings is 1. The van der Waals surface area contributed by atoms with Gasteiger partial charge in [-0.15, -0.1) is 11.3 Å². The van der Waals surface area contributed by atoms with Crippen LogP contribution in [0.1, 0.15) is 48.8 Å². The van der Waals surface area contributed by atoms with Gasteiger partial charge in [0, 0.05) is 44.0 Å². The highest BCUT2D eigenvalue weighted by Gasteiger charge is 2.22. The summed E-state index contributed by atoms with van der Waals surface area (Å²) in [5.74, 6) is 1.19. The third-order valence-electron chi connectivity index (χ3n) is 4.86. The third-order valence-corrected chi connectivity index (χ3v) is 5.67. The van der Waals surface area contributed by atoms with Crippen LogP contribution in [0.2, 0.25) is 0 Å². The van der Waals surface area contributed by atoms with Gasteiger partial charge >= 0.3 is 0 Å². The Labute approximate surface area is 170 Å². The normalized spacial score (nSPS) is 20.0. The predicted molar refractivity (Wildman–Crippen MR) is 112 cm³/mol. The summed E-state index contributed by atoms with van der Waals surface area (Å²) in [6.07, 6.45) is 1.29. The molecule has 0 unspecified atom stereocenters. The van der Waals surface area contributed by atoms with Crippen molar-refractivity contribution in [2.45, 2.75) is 40.3 Å². The molecule has 1 aromatic heterocycles. The van der Waals surface area contributed by atoms with E-state index < -0.39 is 0 Å². The van der Waals surface area contributed by atoms with E-state index in [1.165, 1.54) is 24.7 Å².